The van der Waals surface area contributed by atoms with Crippen LogP contribution in [0.4, 0.5) is 0 Å². The number of hydrogen-bond acceptors (Lipinski definition) is 4. The molecule has 0 radical (unpaired) electrons. The summed E-state index contributed by atoms with van der Waals surface area (Å²) in [7, 11) is -11.1. The maximum atomic E-state index is 11.4. The van der Waals surface area contributed by atoms with Crippen LogP contribution in [0.2, 0.25) is 0 Å². The lowest BCUT2D eigenvalue weighted by atomic mass is 10.2. The molecule has 0 aliphatic heterocycles. The second-order valence-electron chi connectivity index (χ2n) is 3.52. The van der Waals surface area contributed by atoms with Gasteiger partial charge in [-0.3, -0.25) is 9.13 Å². The van der Waals surface area contributed by atoms with Crippen molar-refractivity contribution in [2.45, 2.75) is 37.5 Å². The molecule has 0 aromatic heterocycles. The van der Waals surface area contributed by atoms with Gasteiger partial charge in [-0.05, 0) is 19.9 Å². The normalized spacial score (nSPS) is 26.4. The van der Waals surface area contributed by atoms with Crippen molar-refractivity contribution in [3.05, 3.63) is 0 Å². The molecule has 0 saturated carbocycles. The van der Waals surface area contributed by atoms with Gasteiger partial charge in [0, 0.05) is 28.0 Å². The Morgan fingerprint density at radius 1 is 1.21 bits per heavy atom. The molecule has 19 heavy (non-hydrogen) atoms. The lowest BCUT2D eigenvalue weighted by Gasteiger charge is -2.30. The Hall–Kier alpha value is 0.220. The summed E-state index contributed by atoms with van der Waals surface area (Å²) in [5, 5.41) is 5.86. The van der Waals surface area contributed by atoms with E-state index >= 15 is 0 Å². The van der Waals surface area contributed by atoms with Crippen molar-refractivity contribution in [2.24, 2.45) is 0 Å². The molecule has 0 spiro atoms. The summed E-state index contributed by atoms with van der Waals surface area (Å²) in [5.74, 6) is 0. The summed E-state index contributed by atoms with van der Waals surface area (Å²) in [4.78, 5) is 36.5. The van der Waals surface area contributed by atoms with Gasteiger partial charge in [-0.2, -0.15) is 0 Å². The maximum absolute atomic E-state index is 11.4. The molecule has 0 aromatic carbocycles. The zero-order valence-corrected chi connectivity index (χ0v) is 11.6. The van der Waals surface area contributed by atoms with Crippen LogP contribution in [0.5, 0.6) is 0 Å². The fourth-order valence-corrected chi connectivity index (χ4v) is 3.13. The predicted molar refractivity (Wildman–Crippen MR) is 70.7 cm³/mol. The van der Waals surface area contributed by atoms with Crippen molar-refractivity contribution in [3.8, 4) is 0 Å². The molecule has 5 N–H and O–H groups in total. The minimum atomic E-state index is -5.90. The van der Waals surface area contributed by atoms with Crippen LogP contribution in [0, 0.1) is 0 Å². The third kappa shape index (κ3) is 5.61. The zero-order chi connectivity index (χ0) is 25.0. The standard InChI is InChI=1S/C9H23NO7P2/c1-3-4-5-7-10(2)8-6-9(11,18(12,13)14)19(15,16)17/h11H,3-8H2,1-2H3,(H2,12,13,14)(H2,15,16,17)/i1D3,3D2,4D2,5D2,7D2. The highest BCUT2D eigenvalue weighted by Gasteiger charge is 2.58. The van der Waals surface area contributed by atoms with Gasteiger partial charge in [-0.15, -0.1) is 0 Å². The lowest BCUT2D eigenvalue weighted by Crippen LogP contribution is -2.34. The maximum Gasteiger partial charge on any atom is 0.369 e. The Balaban J connectivity index is 6.09. The van der Waals surface area contributed by atoms with Crippen molar-refractivity contribution in [1.29, 1.82) is 0 Å². The van der Waals surface area contributed by atoms with E-state index in [2.05, 4.69) is 0 Å². The first-order chi connectivity index (χ1) is 12.6. The van der Waals surface area contributed by atoms with Gasteiger partial charge in [-0.1, -0.05) is 19.6 Å². The topological polar surface area (TPSA) is 139 Å². The highest BCUT2D eigenvalue weighted by molar-refractivity contribution is 7.72. The highest BCUT2D eigenvalue weighted by atomic mass is 31.2. The molecule has 0 heterocycles. The van der Waals surface area contributed by atoms with Gasteiger partial charge in [0.1, 0.15) is 0 Å². The summed E-state index contributed by atoms with van der Waals surface area (Å²) in [6, 6.07) is 0. The first kappa shape index (κ1) is 7.47. The molecule has 0 atom stereocenters. The molecular formula is C9H23NO7P2. The Morgan fingerprint density at radius 3 is 2.16 bits per heavy atom. The van der Waals surface area contributed by atoms with Crippen LogP contribution in [0.15, 0.2) is 0 Å². The van der Waals surface area contributed by atoms with Gasteiger partial charge in [0.15, 0.2) is 0 Å². The van der Waals surface area contributed by atoms with Crippen LogP contribution in [0.1, 0.15) is 47.5 Å². The van der Waals surface area contributed by atoms with E-state index < -0.39 is 65.7 Å². The summed E-state index contributed by atoms with van der Waals surface area (Å²) < 4.78 is 106. The van der Waals surface area contributed by atoms with E-state index in [0.29, 0.717) is 7.05 Å². The first-order valence-corrected chi connectivity index (χ1v) is 7.90. The number of nitrogens with zero attached hydrogens (tertiary/aromatic N) is 1. The Morgan fingerprint density at radius 2 is 1.74 bits per heavy atom. The lowest BCUT2D eigenvalue weighted by molar-refractivity contribution is 0.112. The fraction of sp³-hybridized carbons (Fsp3) is 1.00. The molecule has 116 valence electrons. The summed E-state index contributed by atoms with van der Waals surface area (Å²) >= 11 is 0. The van der Waals surface area contributed by atoms with Gasteiger partial charge >= 0.3 is 15.2 Å². The molecule has 0 rings (SSSR count). The third-order valence-electron chi connectivity index (χ3n) is 2.09. The zero-order valence-electron chi connectivity index (χ0n) is 20.8. The molecule has 0 aromatic rings. The molecule has 10 heteroatoms. The van der Waals surface area contributed by atoms with Crippen LogP contribution in [0.3, 0.4) is 0 Å². The SMILES string of the molecule is [2H]C([2H])([2H])C([2H])([2H])C([2H])([2H])C([2H])([2H])C([2H])([2H])N(C)CCC(O)(P(=O)(O)O)P(=O)(O)O. The average molecular weight is 330 g/mol. The van der Waals surface area contributed by atoms with E-state index in [1.807, 2.05) is 0 Å². The van der Waals surface area contributed by atoms with Gasteiger partial charge in [0.25, 0.3) is 5.08 Å². The van der Waals surface area contributed by atoms with Crippen LogP contribution in [-0.4, -0.2) is 54.8 Å². The van der Waals surface area contributed by atoms with Gasteiger partial charge in [0.05, 0.1) is 0 Å². The van der Waals surface area contributed by atoms with E-state index in [1.165, 1.54) is 0 Å². The second-order valence-corrected chi connectivity index (χ2v) is 7.53. The van der Waals surface area contributed by atoms with Crippen molar-refractivity contribution < 1.29 is 48.9 Å². The van der Waals surface area contributed by atoms with E-state index in [1.54, 1.807) is 0 Å². The smallest absolute Gasteiger partial charge is 0.367 e. The van der Waals surface area contributed by atoms with Crippen molar-refractivity contribution in [3.63, 3.8) is 0 Å². The molecule has 0 saturated heterocycles. The molecule has 0 fully saturated rings. The summed E-state index contributed by atoms with van der Waals surface area (Å²) in [5.41, 5.74) is 0. The fourth-order valence-electron chi connectivity index (χ4n) is 0.989. The van der Waals surface area contributed by atoms with E-state index in [-0.39, 0.29) is 4.90 Å². The number of hydrogen-bond donors (Lipinski definition) is 5. The van der Waals surface area contributed by atoms with Crippen molar-refractivity contribution >= 4 is 15.2 Å². The largest absolute Gasteiger partial charge is 0.369 e. The van der Waals surface area contributed by atoms with Crippen molar-refractivity contribution in [2.75, 3.05) is 20.1 Å². The molecule has 0 aliphatic rings. The first-order valence-electron chi connectivity index (χ1n) is 10.2. The molecule has 0 amide bonds. The highest BCUT2D eigenvalue weighted by Crippen LogP contribution is 2.68. The minimum Gasteiger partial charge on any atom is -0.367 e. The quantitative estimate of drug-likeness (QED) is 0.385. The average Bonchev–Trinajstić information content (AvgIpc) is 2.47. The number of aliphatic hydroxyl groups is 1. The molecule has 0 bridgehead atoms. The van der Waals surface area contributed by atoms with Crippen LogP contribution >= 0.6 is 15.2 Å². The predicted octanol–water partition coefficient (Wildman–Crippen LogP) is 0.500. The van der Waals surface area contributed by atoms with E-state index in [0.717, 1.165) is 0 Å². The Labute approximate surface area is 128 Å². The molecule has 0 unspecified atom stereocenters. The summed E-state index contributed by atoms with van der Waals surface area (Å²) in [6.07, 6.45) is -13.3. The second kappa shape index (κ2) is 7.29. The summed E-state index contributed by atoms with van der Waals surface area (Å²) in [6.45, 7) is -8.45. The Kier molecular flexibility index (Phi) is 2.87. The van der Waals surface area contributed by atoms with Crippen LogP contribution < -0.4 is 0 Å². The molecular weight excluding hydrogens is 296 g/mol. The van der Waals surface area contributed by atoms with E-state index in [9.17, 15) is 14.2 Å². The molecule has 8 nitrogen and oxygen atoms in total. The molecule has 0 aliphatic carbocycles. The van der Waals surface area contributed by atoms with Gasteiger partial charge < -0.3 is 29.6 Å². The van der Waals surface area contributed by atoms with Crippen molar-refractivity contribution in [1.82, 2.24) is 4.90 Å². The monoisotopic (exact) mass is 330 g/mol. The van der Waals surface area contributed by atoms with Crippen LogP contribution in [-0.2, 0) is 9.13 Å². The van der Waals surface area contributed by atoms with Gasteiger partial charge in [0.2, 0.25) is 0 Å². The Bertz CT molecular complexity index is 709. The third-order valence-corrected chi connectivity index (χ3v) is 5.96. The minimum absolute atomic E-state index is 0.177. The van der Waals surface area contributed by atoms with E-state index in [4.69, 9.17) is 34.7 Å². The van der Waals surface area contributed by atoms with Crippen LogP contribution in [0.25, 0.3) is 0 Å². The number of rotatable bonds is 9. The van der Waals surface area contributed by atoms with Gasteiger partial charge in [-0.25, -0.2) is 0 Å².